The van der Waals surface area contributed by atoms with Crippen molar-refractivity contribution in [2.75, 3.05) is 11.5 Å². The van der Waals surface area contributed by atoms with Gasteiger partial charge in [-0.25, -0.2) is 9.97 Å². The zero-order valence-corrected chi connectivity index (χ0v) is 13.4. The molecule has 1 rings (SSSR count). The van der Waals surface area contributed by atoms with E-state index in [9.17, 15) is 0 Å². The van der Waals surface area contributed by atoms with E-state index in [-0.39, 0.29) is 5.41 Å². The third-order valence-corrected chi connectivity index (χ3v) is 4.04. The van der Waals surface area contributed by atoms with E-state index in [1.54, 1.807) is 0 Å². The van der Waals surface area contributed by atoms with E-state index in [0.29, 0.717) is 5.41 Å². The standard InChI is InChI=1S/C15H26N2S/c1-14(2,3)11-18-10-8-13-16-9-7-12(17-13)15(4,5)6/h7,9H,8,10-11H2,1-6H3. The van der Waals surface area contributed by atoms with Crippen molar-refractivity contribution in [1.82, 2.24) is 9.97 Å². The van der Waals surface area contributed by atoms with Crippen LogP contribution in [0.2, 0.25) is 0 Å². The molecule has 0 N–H and O–H groups in total. The molecular formula is C15H26N2S. The van der Waals surface area contributed by atoms with Crippen molar-refractivity contribution in [2.24, 2.45) is 5.41 Å². The minimum absolute atomic E-state index is 0.107. The summed E-state index contributed by atoms with van der Waals surface area (Å²) >= 11 is 1.99. The first-order chi connectivity index (χ1) is 8.18. The highest BCUT2D eigenvalue weighted by atomic mass is 32.2. The fraction of sp³-hybridized carbons (Fsp3) is 0.733. The second-order valence-corrected chi connectivity index (χ2v) is 8.08. The smallest absolute Gasteiger partial charge is 0.129 e. The van der Waals surface area contributed by atoms with Gasteiger partial charge in [0.25, 0.3) is 0 Å². The zero-order chi connectivity index (χ0) is 13.8. The van der Waals surface area contributed by atoms with Gasteiger partial charge < -0.3 is 0 Å². The molecule has 102 valence electrons. The van der Waals surface area contributed by atoms with Crippen molar-refractivity contribution >= 4 is 11.8 Å². The van der Waals surface area contributed by atoms with Crippen LogP contribution >= 0.6 is 11.8 Å². The molecule has 0 radical (unpaired) electrons. The quantitative estimate of drug-likeness (QED) is 0.767. The fourth-order valence-electron chi connectivity index (χ4n) is 1.48. The highest BCUT2D eigenvalue weighted by Crippen LogP contribution is 2.22. The van der Waals surface area contributed by atoms with Gasteiger partial charge >= 0.3 is 0 Å². The van der Waals surface area contributed by atoms with E-state index >= 15 is 0 Å². The van der Waals surface area contributed by atoms with Crippen LogP contribution in [0.25, 0.3) is 0 Å². The Balaban J connectivity index is 2.49. The van der Waals surface area contributed by atoms with E-state index in [2.05, 4.69) is 51.5 Å². The van der Waals surface area contributed by atoms with Gasteiger partial charge in [0.15, 0.2) is 0 Å². The molecule has 0 aliphatic rings. The summed E-state index contributed by atoms with van der Waals surface area (Å²) in [5.41, 5.74) is 1.64. The first kappa shape index (κ1) is 15.5. The molecule has 0 bridgehead atoms. The lowest BCUT2D eigenvalue weighted by Crippen LogP contribution is -2.15. The molecule has 18 heavy (non-hydrogen) atoms. The minimum atomic E-state index is 0.107. The summed E-state index contributed by atoms with van der Waals surface area (Å²) in [5.74, 6) is 3.26. The second-order valence-electron chi connectivity index (χ2n) is 6.97. The number of nitrogens with zero attached hydrogens (tertiary/aromatic N) is 2. The van der Waals surface area contributed by atoms with Gasteiger partial charge in [-0.05, 0) is 17.2 Å². The van der Waals surface area contributed by atoms with Gasteiger partial charge in [0.05, 0.1) is 0 Å². The molecule has 1 heterocycles. The topological polar surface area (TPSA) is 25.8 Å². The monoisotopic (exact) mass is 266 g/mol. The summed E-state index contributed by atoms with van der Waals surface area (Å²) in [7, 11) is 0. The van der Waals surface area contributed by atoms with Crippen molar-refractivity contribution in [3.05, 3.63) is 23.8 Å². The number of aromatic nitrogens is 2. The Morgan fingerprint density at radius 3 is 2.33 bits per heavy atom. The summed E-state index contributed by atoms with van der Waals surface area (Å²) in [6.07, 6.45) is 2.85. The lowest BCUT2D eigenvalue weighted by molar-refractivity contribution is 0.480. The number of rotatable bonds is 4. The van der Waals surface area contributed by atoms with Crippen LogP contribution in [0.4, 0.5) is 0 Å². The van der Waals surface area contributed by atoms with Crippen LogP contribution < -0.4 is 0 Å². The van der Waals surface area contributed by atoms with Crippen LogP contribution in [0.3, 0.4) is 0 Å². The molecule has 3 heteroatoms. The van der Waals surface area contributed by atoms with E-state index in [4.69, 9.17) is 0 Å². The number of hydrogen-bond donors (Lipinski definition) is 0. The van der Waals surface area contributed by atoms with Gasteiger partial charge in [-0.1, -0.05) is 41.5 Å². The third kappa shape index (κ3) is 5.85. The Morgan fingerprint density at radius 1 is 1.11 bits per heavy atom. The van der Waals surface area contributed by atoms with E-state index in [0.717, 1.165) is 23.7 Å². The summed E-state index contributed by atoms with van der Waals surface area (Å²) in [5, 5.41) is 0. The molecule has 0 aromatic carbocycles. The largest absolute Gasteiger partial charge is 0.241 e. The molecule has 0 aliphatic carbocycles. The van der Waals surface area contributed by atoms with Gasteiger partial charge in [-0.2, -0.15) is 11.8 Å². The van der Waals surface area contributed by atoms with Gasteiger partial charge in [0.2, 0.25) is 0 Å². The van der Waals surface area contributed by atoms with Crippen molar-refractivity contribution in [3.8, 4) is 0 Å². The van der Waals surface area contributed by atoms with Crippen molar-refractivity contribution in [2.45, 2.75) is 53.4 Å². The molecule has 1 aromatic rings. The third-order valence-electron chi connectivity index (χ3n) is 2.48. The van der Waals surface area contributed by atoms with Crippen LogP contribution in [-0.2, 0) is 11.8 Å². The van der Waals surface area contributed by atoms with E-state index in [1.807, 2.05) is 24.0 Å². The summed E-state index contributed by atoms with van der Waals surface area (Å²) in [6, 6.07) is 2.02. The Hall–Kier alpha value is -0.570. The van der Waals surface area contributed by atoms with Gasteiger partial charge in [-0.3, -0.25) is 0 Å². The van der Waals surface area contributed by atoms with Crippen LogP contribution in [0.5, 0.6) is 0 Å². The number of thioether (sulfide) groups is 1. The van der Waals surface area contributed by atoms with E-state index < -0.39 is 0 Å². The summed E-state index contributed by atoms with van der Waals surface area (Å²) in [6.45, 7) is 13.4. The predicted molar refractivity (Wildman–Crippen MR) is 81.2 cm³/mol. The Kier molecular flexibility index (Phi) is 5.20. The molecule has 0 spiro atoms. The molecule has 0 amide bonds. The van der Waals surface area contributed by atoms with Gasteiger partial charge in [-0.15, -0.1) is 0 Å². The first-order valence-corrected chi connectivity index (χ1v) is 7.74. The highest BCUT2D eigenvalue weighted by molar-refractivity contribution is 7.99. The maximum Gasteiger partial charge on any atom is 0.129 e. The zero-order valence-electron chi connectivity index (χ0n) is 12.6. The van der Waals surface area contributed by atoms with E-state index in [1.165, 1.54) is 5.75 Å². The van der Waals surface area contributed by atoms with Gasteiger partial charge in [0.1, 0.15) is 5.82 Å². The number of hydrogen-bond acceptors (Lipinski definition) is 3. The van der Waals surface area contributed by atoms with Crippen LogP contribution in [-0.4, -0.2) is 21.5 Å². The molecule has 0 unspecified atom stereocenters. The summed E-state index contributed by atoms with van der Waals surface area (Å²) in [4.78, 5) is 9.02. The first-order valence-electron chi connectivity index (χ1n) is 6.59. The van der Waals surface area contributed by atoms with Crippen molar-refractivity contribution < 1.29 is 0 Å². The molecule has 0 fully saturated rings. The molecular weight excluding hydrogens is 240 g/mol. The molecule has 0 saturated carbocycles. The minimum Gasteiger partial charge on any atom is -0.241 e. The Morgan fingerprint density at radius 2 is 1.78 bits per heavy atom. The van der Waals surface area contributed by atoms with Crippen LogP contribution in [0.15, 0.2) is 12.3 Å². The average Bonchev–Trinajstić information content (AvgIpc) is 2.22. The maximum atomic E-state index is 4.65. The highest BCUT2D eigenvalue weighted by Gasteiger charge is 2.16. The lowest BCUT2D eigenvalue weighted by atomic mass is 9.92. The lowest BCUT2D eigenvalue weighted by Gasteiger charge is -2.18. The van der Waals surface area contributed by atoms with Crippen molar-refractivity contribution in [3.63, 3.8) is 0 Å². The SMILES string of the molecule is CC(C)(C)CSCCc1nccc(C(C)(C)C)n1. The molecule has 0 atom stereocenters. The van der Waals surface area contributed by atoms with Crippen molar-refractivity contribution in [1.29, 1.82) is 0 Å². The molecule has 2 nitrogen and oxygen atoms in total. The van der Waals surface area contributed by atoms with Gasteiger partial charge in [0, 0.05) is 29.5 Å². The van der Waals surface area contributed by atoms with Crippen LogP contribution in [0.1, 0.15) is 53.1 Å². The maximum absolute atomic E-state index is 4.65. The Labute approximate surface area is 116 Å². The second kappa shape index (κ2) is 6.05. The predicted octanol–water partition coefficient (Wildman–Crippen LogP) is 4.10. The number of aryl methyl sites for hydroxylation is 1. The van der Waals surface area contributed by atoms with Crippen LogP contribution in [0, 0.1) is 5.41 Å². The average molecular weight is 266 g/mol. The summed E-state index contributed by atoms with van der Waals surface area (Å²) < 4.78 is 0. The Bertz CT molecular complexity index is 375. The molecule has 1 aromatic heterocycles. The fourth-order valence-corrected chi connectivity index (χ4v) is 2.56. The normalized spacial score (nSPS) is 12.8. The molecule has 0 aliphatic heterocycles. The molecule has 0 saturated heterocycles.